The molecule has 0 amide bonds. The number of hydrogen-bond donors (Lipinski definition) is 0. The predicted molar refractivity (Wildman–Crippen MR) is 67.1 cm³/mol. The Morgan fingerprint density at radius 1 is 1.56 bits per heavy atom. The van der Waals surface area contributed by atoms with Crippen molar-refractivity contribution in [2.45, 2.75) is 13.3 Å². The van der Waals surface area contributed by atoms with Crippen LogP contribution in [0.4, 0.5) is 5.69 Å². The van der Waals surface area contributed by atoms with E-state index in [-0.39, 0.29) is 5.69 Å². The van der Waals surface area contributed by atoms with Crippen molar-refractivity contribution in [2.24, 2.45) is 0 Å². The first-order chi connectivity index (χ1) is 7.58. The first kappa shape index (κ1) is 13.0. The lowest BCUT2D eigenvalue weighted by molar-refractivity contribution is -0.384. The van der Waals surface area contributed by atoms with Crippen LogP contribution in [0.3, 0.4) is 0 Å². The highest BCUT2D eigenvalue weighted by atomic mass is 35.5. The maximum Gasteiger partial charge on any atom is 0.270 e. The zero-order valence-electron chi connectivity index (χ0n) is 8.74. The van der Waals surface area contributed by atoms with Gasteiger partial charge in [0, 0.05) is 23.0 Å². The molecule has 5 heteroatoms. The minimum absolute atomic E-state index is 0.0284. The average molecular weight is 260 g/mol. The molecule has 0 N–H and O–H groups in total. The zero-order valence-corrected chi connectivity index (χ0v) is 10.3. The van der Waals surface area contributed by atoms with Crippen molar-refractivity contribution in [3.05, 3.63) is 44.5 Å². The molecule has 0 saturated carbocycles. The Morgan fingerprint density at radius 2 is 2.25 bits per heavy atom. The van der Waals surface area contributed by atoms with Gasteiger partial charge in [0.05, 0.1) is 4.92 Å². The largest absolute Gasteiger partial charge is 0.270 e. The van der Waals surface area contributed by atoms with E-state index in [0.29, 0.717) is 16.5 Å². The monoisotopic (exact) mass is 259 g/mol. The highest BCUT2D eigenvalue weighted by molar-refractivity contribution is 6.32. The van der Waals surface area contributed by atoms with E-state index >= 15 is 0 Å². The molecule has 0 atom stereocenters. The third-order valence-electron chi connectivity index (χ3n) is 2.18. The van der Waals surface area contributed by atoms with Crippen LogP contribution < -0.4 is 0 Å². The minimum atomic E-state index is -0.444. The molecule has 0 heterocycles. The van der Waals surface area contributed by atoms with Gasteiger partial charge in [-0.3, -0.25) is 10.1 Å². The summed E-state index contributed by atoms with van der Waals surface area (Å²) in [6.07, 6.45) is 2.59. The quantitative estimate of drug-likeness (QED) is 0.460. The van der Waals surface area contributed by atoms with Crippen LogP contribution in [0.25, 0.3) is 6.08 Å². The number of rotatable bonds is 4. The molecule has 0 aromatic heterocycles. The summed E-state index contributed by atoms with van der Waals surface area (Å²) >= 11 is 11.7. The van der Waals surface area contributed by atoms with Crippen molar-refractivity contribution in [2.75, 3.05) is 5.88 Å². The molecule has 3 nitrogen and oxygen atoms in total. The summed E-state index contributed by atoms with van der Waals surface area (Å²) < 4.78 is 0. The third-order valence-corrected chi connectivity index (χ3v) is 2.86. The smallest absolute Gasteiger partial charge is 0.258 e. The molecule has 0 saturated heterocycles. The van der Waals surface area contributed by atoms with Crippen LogP contribution in [-0.2, 0) is 0 Å². The number of benzene rings is 1. The number of alkyl halides is 1. The fourth-order valence-corrected chi connectivity index (χ4v) is 1.65. The van der Waals surface area contributed by atoms with Crippen LogP contribution in [0.5, 0.6) is 0 Å². The normalized spacial score (nSPS) is 11.6. The van der Waals surface area contributed by atoms with Gasteiger partial charge in [0.25, 0.3) is 5.69 Å². The summed E-state index contributed by atoms with van der Waals surface area (Å²) in [7, 11) is 0. The Kier molecular flexibility index (Phi) is 4.77. The van der Waals surface area contributed by atoms with E-state index in [1.54, 1.807) is 6.08 Å². The number of nitro groups is 1. The van der Waals surface area contributed by atoms with E-state index in [2.05, 4.69) is 0 Å². The van der Waals surface area contributed by atoms with Crippen molar-refractivity contribution in [3.63, 3.8) is 0 Å². The first-order valence-corrected chi connectivity index (χ1v) is 5.69. The second-order valence-electron chi connectivity index (χ2n) is 3.25. The molecular formula is C11H11Cl2NO2. The zero-order chi connectivity index (χ0) is 12.1. The topological polar surface area (TPSA) is 43.1 Å². The van der Waals surface area contributed by atoms with Crippen LogP contribution in [0.2, 0.25) is 5.02 Å². The molecule has 1 aromatic carbocycles. The number of allylic oxidation sites excluding steroid dienone is 1. The highest BCUT2D eigenvalue weighted by Crippen LogP contribution is 2.25. The van der Waals surface area contributed by atoms with Crippen molar-refractivity contribution in [1.82, 2.24) is 0 Å². The van der Waals surface area contributed by atoms with Gasteiger partial charge in [-0.25, -0.2) is 0 Å². The molecule has 0 bridgehead atoms. The molecule has 16 heavy (non-hydrogen) atoms. The second kappa shape index (κ2) is 5.87. The molecular weight excluding hydrogens is 249 g/mol. The van der Waals surface area contributed by atoms with Gasteiger partial charge in [-0.15, -0.1) is 11.6 Å². The molecule has 0 aliphatic carbocycles. The predicted octanol–water partition coefficient (Wildman–Crippen LogP) is 4.28. The fraction of sp³-hybridized carbons (Fsp3) is 0.273. The van der Waals surface area contributed by atoms with E-state index in [0.717, 1.165) is 12.0 Å². The van der Waals surface area contributed by atoms with Crippen molar-refractivity contribution in [3.8, 4) is 0 Å². The summed E-state index contributed by atoms with van der Waals surface area (Å²) in [5.41, 5.74) is 1.65. The Balaban J connectivity index is 3.16. The van der Waals surface area contributed by atoms with Gasteiger partial charge >= 0.3 is 0 Å². The molecule has 0 aliphatic heterocycles. The van der Waals surface area contributed by atoms with Gasteiger partial charge in [0.15, 0.2) is 0 Å². The third kappa shape index (κ3) is 3.22. The second-order valence-corrected chi connectivity index (χ2v) is 3.93. The Morgan fingerprint density at radius 3 is 2.75 bits per heavy atom. The van der Waals surface area contributed by atoms with Crippen LogP contribution in [-0.4, -0.2) is 10.8 Å². The Hall–Kier alpha value is -1.06. The van der Waals surface area contributed by atoms with Crippen molar-refractivity contribution < 1.29 is 4.92 Å². The van der Waals surface area contributed by atoms with Crippen LogP contribution in [0.1, 0.15) is 18.9 Å². The molecule has 0 radical (unpaired) electrons. The molecule has 0 aliphatic rings. The van der Waals surface area contributed by atoms with Crippen LogP contribution >= 0.6 is 23.2 Å². The standard InChI is InChI=1S/C11H11Cl2NO2/c1-2-8(7-12)5-9-6-10(14(15)16)3-4-11(9)13/h3-6H,2,7H2,1H3. The molecule has 0 spiro atoms. The summed E-state index contributed by atoms with van der Waals surface area (Å²) in [6.45, 7) is 1.97. The lowest BCUT2D eigenvalue weighted by atomic mass is 10.1. The minimum Gasteiger partial charge on any atom is -0.258 e. The van der Waals surface area contributed by atoms with Gasteiger partial charge < -0.3 is 0 Å². The molecule has 1 aromatic rings. The van der Waals surface area contributed by atoms with Gasteiger partial charge in [-0.1, -0.05) is 30.2 Å². The molecule has 0 fully saturated rings. The fourth-order valence-electron chi connectivity index (χ4n) is 1.21. The number of halogens is 2. The SMILES string of the molecule is CCC(=Cc1cc([N+](=O)[O-])ccc1Cl)CCl. The molecule has 1 rings (SSSR count). The molecule has 86 valence electrons. The summed E-state index contributed by atoms with van der Waals surface area (Å²) in [4.78, 5) is 10.2. The van der Waals surface area contributed by atoms with Gasteiger partial charge in [-0.2, -0.15) is 0 Å². The van der Waals surface area contributed by atoms with Gasteiger partial charge in [-0.05, 0) is 18.1 Å². The first-order valence-electron chi connectivity index (χ1n) is 4.77. The Labute approximate surface area is 104 Å². The van der Waals surface area contributed by atoms with Gasteiger partial charge in [0.2, 0.25) is 0 Å². The number of nitrogens with zero attached hydrogens (tertiary/aromatic N) is 1. The van der Waals surface area contributed by atoms with Crippen LogP contribution in [0.15, 0.2) is 23.8 Å². The lowest BCUT2D eigenvalue weighted by Gasteiger charge is -2.02. The lowest BCUT2D eigenvalue weighted by Crippen LogP contribution is -1.90. The summed E-state index contributed by atoms with van der Waals surface area (Å²) in [5, 5.41) is 11.1. The summed E-state index contributed by atoms with van der Waals surface area (Å²) in [6, 6.07) is 4.35. The van der Waals surface area contributed by atoms with Gasteiger partial charge in [0.1, 0.15) is 0 Å². The molecule has 0 unspecified atom stereocenters. The van der Waals surface area contributed by atoms with E-state index in [9.17, 15) is 10.1 Å². The van der Waals surface area contributed by atoms with Crippen molar-refractivity contribution >= 4 is 35.0 Å². The van der Waals surface area contributed by atoms with E-state index in [1.165, 1.54) is 18.2 Å². The van der Waals surface area contributed by atoms with Crippen LogP contribution in [0, 0.1) is 10.1 Å². The summed E-state index contributed by atoms with van der Waals surface area (Å²) in [5.74, 6) is 0.398. The number of nitro benzene ring substituents is 1. The maximum atomic E-state index is 10.6. The average Bonchev–Trinajstić information content (AvgIpc) is 2.27. The number of non-ortho nitro benzene ring substituents is 1. The highest BCUT2D eigenvalue weighted by Gasteiger charge is 2.08. The van der Waals surface area contributed by atoms with E-state index in [1.807, 2.05) is 6.92 Å². The maximum absolute atomic E-state index is 10.6. The van der Waals surface area contributed by atoms with Crippen molar-refractivity contribution in [1.29, 1.82) is 0 Å². The Bertz CT molecular complexity index is 424. The number of hydrogen-bond acceptors (Lipinski definition) is 2. The van der Waals surface area contributed by atoms with E-state index < -0.39 is 4.92 Å². The van der Waals surface area contributed by atoms with E-state index in [4.69, 9.17) is 23.2 Å².